The average molecular weight is 356 g/mol. The van der Waals surface area contributed by atoms with Gasteiger partial charge in [-0.1, -0.05) is 12.1 Å². The number of carbonyl (C=O) groups excluding carboxylic acids is 2. The van der Waals surface area contributed by atoms with Crippen molar-refractivity contribution in [1.82, 2.24) is 9.80 Å². The fraction of sp³-hybridized carbons (Fsp3) is 0.524. The Labute approximate surface area is 155 Å². The second-order valence-corrected chi connectivity index (χ2v) is 7.54. The van der Waals surface area contributed by atoms with Gasteiger partial charge < -0.3 is 9.64 Å². The van der Waals surface area contributed by atoms with Crippen LogP contribution in [0.3, 0.4) is 0 Å². The molecule has 0 spiro atoms. The summed E-state index contributed by atoms with van der Waals surface area (Å²) in [6.45, 7) is 9.38. The van der Waals surface area contributed by atoms with Gasteiger partial charge in [-0.3, -0.25) is 14.5 Å². The maximum absolute atomic E-state index is 13.1. The molecule has 1 fully saturated rings. The third kappa shape index (κ3) is 3.48. The van der Waals surface area contributed by atoms with Crippen LogP contribution in [0, 0.1) is 0 Å². The van der Waals surface area contributed by atoms with E-state index in [0.717, 1.165) is 37.2 Å². The molecule has 3 rings (SSSR count). The highest BCUT2D eigenvalue weighted by atomic mass is 16.5. The van der Waals surface area contributed by atoms with Gasteiger partial charge in [-0.15, -0.1) is 0 Å². The van der Waals surface area contributed by atoms with Crippen molar-refractivity contribution in [2.75, 3.05) is 13.1 Å². The second-order valence-electron chi connectivity index (χ2n) is 7.54. The highest BCUT2D eigenvalue weighted by Gasteiger charge is 2.42. The number of rotatable bonds is 5. The molecule has 1 aromatic carbocycles. The van der Waals surface area contributed by atoms with E-state index in [0.29, 0.717) is 11.3 Å². The lowest BCUT2D eigenvalue weighted by Crippen LogP contribution is -2.40. The summed E-state index contributed by atoms with van der Waals surface area (Å²) in [5.41, 5.74) is 1.88. The molecule has 0 bridgehead atoms. The highest BCUT2D eigenvalue weighted by molar-refractivity contribution is 6.35. The van der Waals surface area contributed by atoms with Crippen molar-refractivity contribution in [3.8, 4) is 5.75 Å². The Kier molecular flexibility index (Phi) is 5.35. The van der Waals surface area contributed by atoms with Crippen LogP contribution in [0.25, 0.3) is 5.57 Å². The number of carbonyl (C=O) groups is 2. The van der Waals surface area contributed by atoms with Gasteiger partial charge in [-0.05, 0) is 64.7 Å². The highest BCUT2D eigenvalue weighted by Crippen LogP contribution is 2.34. The maximum atomic E-state index is 13.1. The average Bonchev–Trinajstić information content (AvgIpc) is 2.86. The van der Waals surface area contributed by atoms with E-state index in [1.165, 1.54) is 11.3 Å². The zero-order valence-corrected chi connectivity index (χ0v) is 16.1. The van der Waals surface area contributed by atoms with Crippen LogP contribution in [0.1, 0.15) is 52.5 Å². The van der Waals surface area contributed by atoms with Crippen LogP contribution in [0.4, 0.5) is 0 Å². The second kappa shape index (κ2) is 7.52. The minimum atomic E-state index is -0.192. The number of benzene rings is 1. The number of hydrogen-bond acceptors (Lipinski definition) is 4. The molecule has 2 amide bonds. The van der Waals surface area contributed by atoms with E-state index in [1.54, 1.807) is 0 Å². The summed E-state index contributed by atoms with van der Waals surface area (Å²) < 4.78 is 5.69. The summed E-state index contributed by atoms with van der Waals surface area (Å²) in [6.07, 6.45) is 3.38. The maximum Gasteiger partial charge on any atom is 0.278 e. The number of piperidine rings is 1. The first-order valence-corrected chi connectivity index (χ1v) is 9.54. The van der Waals surface area contributed by atoms with Gasteiger partial charge in [0, 0.05) is 19.1 Å². The third-order valence-electron chi connectivity index (χ3n) is 4.79. The van der Waals surface area contributed by atoms with Crippen LogP contribution < -0.4 is 4.74 Å². The lowest BCUT2D eigenvalue weighted by Gasteiger charge is -2.30. The van der Waals surface area contributed by atoms with Gasteiger partial charge in [0.15, 0.2) is 0 Å². The van der Waals surface area contributed by atoms with Crippen LogP contribution in [0.15, 0.2) is 30.0 Å². The van der Waals surface area contributed by atoms with E-state index in [1.807, 2.05) is 52.0 Å². The van der Waals surface area contributed by atoms with Gasteiger partial charge in [-0.2, -0.15) is 0 Å². The molecule has 0 radical (unpaired) electrons. The molecule has 26 heavy (non-hydrogen) atoms. The Morgan fingerprint density at radius 3 is 2.04 bits per heavy atom. The van der Waals surface area contributed by atoms with Crippen molar-refractivity contribution >= 4 is 17.4 Å². The van der Waals surface area contributed by atoms with Crippen molar-refractivity contribution in [2.45, 2.75) is 59.1 Å². The van der Waals surface area contributed by atoms with Crippen LogP contribution in [0.5, 0.6) is 5.75 Å². The van der Waals surface area contributed by atoms with Crippen molar-refractivity contribution in [3.63, 3.8) is 0 Å². The molecule has 0 saturated carbocycles. The fourth-order valence-electron chi connectivity index (χ4n) is 3.65. The smallest absolute Gasteiger partial charge is 0.278 e. The number of nitrogens with zero attached hydrogens (tertiary/aromatic N) is 2. The molecule has 5 heteroatoms. The quantitative estimate of drug-likeness (QED) is 0.758. The summed E-state index contributed by atoms with van der Waals surface area (Å²) >= 11 is 0. The van der Waals surface area contributed by atoms with Gasteiger partial charge in [0.25, 0.3) is 11.8 Å². The van der Waals surface area contributed by atoms with Crippen molar-refractivity contribution in [3.05, 3.63) is 35.5 Å². The topological polar surface area (TPSA) is 49.9 Å². The zero-order valence-electron chi connectivity index (χ0n) is 16.1. The molecule has 0 N–H and O–H groups in total. The molecule has 1 aromatic rings. The number of likely N-dealkylation sites (tertiary alicyclic amines) is 1. The van der Waals surface area contributed by atoms with Gasteiger partial charge in [0.1, 0.15) is 11.4 Å². The number of imide groups is 1. The summed E-state index contributed by atoms with van der Waals surface area (Å²) in [5, 5.41) is 0. The van der Waals surface area contributed by atoms with Crippen molar-refractivity contribution < 1.29 is 14.3 Å². The molecule has 0 aliphatic carbocycles. The van der Waals surface area contributed by atoms with E-state index in [9.17, 15) is 9.59 Å². The first-order chi connectivity index (χ1) is 12.4. The SMILES string of the molecule is CC(C)Oc1ccc(C2=C(N3CCCCC3)C(=O)N(C(C)C)C2=O)cc1. The normalized spacial score (nSPS) is 18.5. The lowest BCUT2D eigenvalue weighted by atomic mass is 10.0. The number of ether oxygens (including phenoxy) is 1. The standard InChI is InChI=1S/C21H28N2O3/c1-14(2)23-20(24)18(16-8-10-17(11-9-16)26-15(3)4)19(21(23)25)22-12-6-5-7-13-22/h8-11,14-15H,5-7,12-13H2,1-4H3. The Morgan fingerprint density at radius 2 is 1.50 bits per heavy atom. The monoisotopic (exact) mass is 356 g/mol. The first kappa shape index (κ1) is 18.5. The molecule has 0 unspecified atom stereocenters. The molecule has 0 aromatic heterocycles. The predicted molar refractivity (Wildman–Crippen MR) is 102 cm³/mol. The molecule has 2 aliphatic heterocycles. The van der Waals surface area contributed by atoms with Gasteiger partial charge in [-0.25, -0.2) is 0 Å². The van der Waals surface area contributed by atoms with Gasteiger partial charge in [0.2, 0.25) is 0 Å². The summed E-state index contributed by atoms with van der Waals surface area (Å²) in [4.78, 5) is 29.6. The molecule has 5 nitrogen and oxygen atoms in total. The van der Waals surface area contributed by atoms with E-state index < -0.39 is 0 Å². The fourth-order valence-corrected chi connectivity index (χ4v) is 3.65. The minimum Gasteiger partial charge on any atom is -0.491 e. The van der Waals surface area contributed by atoms with E-state index in [2.05, 4.69) is 4.90 Å². The Balaban J connectivity index is 2.01. The first-order valence-electron chi connectivity index (χ1n) is 9.54. The van der Waals surface area contributed by atoms with E-state index in [-0.39, 0.29) is 24.0 Å². The van der Waals surface area contributed by atoms with Gasteiger partial charge in [0.05, 0.1) is 11.7 Å². The molecule has 0 atom stereocenters. The van der Waals surface area contributed by atoms with Crippen LogP contribution in [-0.4, -0.2) is 46.8 Å². The van der Waals surface area contributed by atoms with E-state index >= 15 is 0 Å². The summed E-state index contributed by atoms with van der Waals surface area (Å²) in [6, 6.07) is 7.34. The largest absolute Gasteiger partial charge is 0.491 e. The molecule has 2 heterocycles. The number of hydrogen-bond donors (Lipinski definition) is 0. The summed E-state index contributed by atoms with van der Waals surface area (Å²) in [7, 11) is 0. The lowest BCUT2D eigenvalue weighted by molar-refractivity contribution is -0.139. The van der Waals surface area contributed by atoms with Crippen LogP contribution >= 0.6 is 0 Å². The predicted octanol–water partition coefficient (Wildman–Crippen LogP) is 3.45. The minimum absolute atomic E-state index is 0.0927. The zero-order chi connectivity index (χ0) is 18.8. The van der Waals surface area contributed by atoms with Crippen molar-refractivity contribution in [2.24, 2.45) is 0 Å². The van der Waals surface area contributed by atoms with Gasteiger partial charge >= 0.3 is 0 Å². The third-order valence-corrected chi connectivity index (χ3v) is 4.79. The molecule has 140 valence electrons. The molecule has 2 aliphatic rings. The Morgan fingerprint density at radius 1 is 0.885 bits per heavy atom. The van der Waals surface area contributed by atoms with Crippen molar-refractivity contribution in [1.29, 1.82) is 0 Å². The van der Waals surface area contributed by atoms with Crippen LogP contribution in [-0.2, 0) is 9.59 Å². The van der Waals surface area contributed by atoms with Crippen LogP contribution in [0.2, 0.25) is 0 Å². The molecule has 1 saturated heterocycles. The number of amides is 2. The molecular weight excluding hydrogens is 328 g/mol. The summed E-state index contributed by atoms with van der Waals surface area (Å²) in [5.74, 6) is 0.411. The molecular formula is C21H28N2O3. The van der Waals surface area contributed by atoms with E-state index in [4.69, 9.17) is 4.74 Å². The Hall–Kier alpha value is -2.30. The Bertz CT molecular complexity index is 713.